The van der Waals surface area contributed by atoms with Crippen LogP contribution in [0, 0.1) is 0 Å². The van der Waals surface area contributed by atoms with E-state index in [-0.39, 0.29) is 5.23 Å². The average molecular weight is 119 g/mol. The number of hydroxylamine groups is 2. The van der Waals surface area contributed by atoms with Crippen molar-refractivity contribution in [2.45, 2.75) is 26.2 Å². The molecule has 49 valence electrons. The van der Waals surface area contributed by atoms with Gasteiger partial charge in [0.05, 0.1) is 0 Å². The summed E-state index contributed by atoms with van der Waals surface area (Å²) < 4.78 is 0. The summed E-state index contributed by atoms with van der Waals surface area (Å²) in [6.07, 6.45) is 3.01. The third-order valence-electron chi connectivity index (χ3n) is 0.962. The van der Waals surface area contributed by atoms with Crippen molar-refractivity contribution in [1.29, 1.82) is 0 Å². The number of hydrogen-bond acceptors (Lipinski definition) is 3. The van der Waals surface area contributed by atoms with Gasteiger partial charge >= 0.3 is 0 Å². The zero-order valence-corrected chi connectivity index (χ0v) is 5.17. The van der Waals surface area contributed by atoms with Crippen LogP contribution in [0.5, 0.6) is 0 Å². The van der Waals surface area contributed by atoms with Crippen molar-refractivity contribution in [3.8, 4) is 0 Å². The lowest BCUT2D eigenvalue weighted by Gasteiger charge is -1.90. The molecule has 0 aromatic heterocycles. The highest BCUT2D eigenvalue weighted by Crippen LogP contribution is 1.91. The summed E-state index contributed by atoms with van der Waals surface area (Å²) in [6.45, 7) is 2.42. The smallest absolute Gasteiger partial charge is 0.124 e. The molecule has 0 bridgehead atoms. The summed E-state index contributed by atoms with van der Waals surface area (Å²) >= 11 is 0. The Kier molecular flexibility index (Phi) is 4.95. The van der Waals surface area contributed by atoms with E-state index >= 15 is 0 Å². The van der Waals surface area contributed by atoms with Crippen LogP contribution in [0.2, 0.25) is 0 Å². The van der Waals surface area contributed by atoms with Gasteiger partial charge in [0.1, 0.15) is 0 Å². The molecule has 0 aliphatic rings. The maximum atomic E-state index is 8.17. The first-order valence-electron chi connectivity index (χ1n) is 2.92. The minimum atomic E-state index is 0.232. The van der Waals surface area contributed by atoms with Gasteiger partial charge in [-0.25, -0.2) is 0 Å². The third kappa shape index (κ3) is 5.88. The summed E-state index contributed by atoms with van der Waals surface area (Å²) in [4.78, 5) is 0. The van der Waals surface area contributed by atoms with Gasteiger partial charge in [0, 0.05) is 6.42 Å². The van der Waals surface area contributed by atoms with Crippen molar-refractivity contribution in [2.24, 2.45) is 0 Å². The van der Waals surface area contributed by atoms with E-state index in [0.717, 1.165) is 19.3 Å². The van der Waals surface area contributed by atoms with E-state index in [4.69, 9.17) is 10.4 Å². The van der Waals surface area contributed by atoms with Crippen molar-refractivity contribution < 1.29 is 10.4 Å². The number of hydrogen-bond donors (Lipinski definition) is 2. The van der Waals surface area contributed by atoms with E-state index in [0.29, 0.717) is 6.54 Å². The Morgan fingerprint density at radius 3 is 2.25 bits per heavy atom. The first-order valence-corrected chi connectivity index (χ1v) is 2.92. The molecule has 1 radical (unpaired) electrons. The van der Waals surface area contributed by atoms with Crippen LogP contribution in [0.4, 0.5) is 0 Å². The lowest BCUT2D eigenvalue weighted by atomic mass is 10.2. The molecule has 0 aliphatic heterocycles. The molecule has 0 aliphatic carbocycles. The molecule has 8 heavy (non-hydrogen) atoms. The van der Waals surface area contributed by atoms with E-state index in [9.17, 15) is 0 Å². The van der Waals surface area contributed by atoms with Crippen LogP contribution >= 0.6 is 0 Å². The quantitative estimate of drug-likeness (QED) is 0.430. The molecule has 0 heterocycles. The predicted molar refractivity (Wildman–Crippen MR) is 30.1 cm³/mol. The molecule has 0 aromatic carbocycles. The standard InChI is InChI=1S/C5H13NO2/c1-2-3-4-5-6(7)8/h7-8H,2-5H2,1H3/q+1. The fourth-order valence-corrected chi connectivity index (χ4v) is 0.503. The van der Waals surface area contributed by atoms with E-state index in [1.165, 1.54) is 0 Å². The molecule has 0 atom stereocenters. The van der Waals surface area contributed by atoms with Crippen molar-refractivity contribution in [3.63, 3.8) is 0 Å². The maximum Gasteiger partial charge on any atom is 0.201 e. The van der Waals surface area contributed by atoms with Crippen molar-refractivity contribution in [1.82, 2.24) is 5.23 Å². The fraction of sp³-hybridized carbons (Fsp3) is 1.00. The minimum Gasteiger partial charge on any atom is -0.124 e. The van der Waals surface area contributed by atoms with Crippen LogP contribution in [0.25, 0.3) is 0 Å². The molecule has 3 nitrogen and oxygen atoms in total. The molecule has 0 aromatic rings. The van der Waals surface area contributed by atoms with Crippen LogP contribution in [0.1, 0.15) is 26.2 Å². The van der Waals surface area contributed by atoms with E-state index in [2.05, 4.69) is 6.92 Å². The van der Waals surface area contributed by atoms with Crippen LogP contribution in [-0.2, 0) is 0 Å². The lowest BCUT2D eigenvalue weighted by molar-refractivity contribution is -0.205. The second-order valence-electron chi connectivity index (χ2n) is 1.80. The Hall–Kier alpha value is -0.120. The van der Waals surface area contributed by atoms with Crippen molar-refractivity contribution >= 4 is 0 Å². The first kappa shape index (κ1) is 7.88. The zero-order chi connectivity index (χ0) is 6.41. The summed E-state index contributed by atoms with van der Waals surface area (Å²) in [5, 5.41) is 16.6. The van der Waals surface area contributed by atoms with Gasteiger partial charge in [-0.15, -0.1) is 10.4 Å². The second kappa shape index (κ2) is 5.03. The Bertz CT molecular complexity index is 47.7. The number of unbranched alkanes of at least 4 members (excludes halogenated alkanes) is 2. The van der Waals surface area contributed by atoms with Gasteiger partial charge in [-0.1, -0.05) is 13.3 Å². The topological polar surface area (TPSA) is 46.4 Å². The Labute approximate surface area is 49.5 Å². The lowest BCUT2D eigenvalue weighted by Crippen LogP contribution is -2.21. The minimum absolute atomic E-state index is 0.232. The molecule has 3 heteroatoms. The van der Waals surface area contributed by atoms with Crippen LogP contribution in [-0.4, -0.2) is 17.0 Å². The van der Waals surface area contributed by atoms with Gasteiger partial charge in [-0.3, -0.25) is 0 Å². The Morgan fingerprint density at radius 1 is 1.25 bits per heavy atom. The summed E-state index contributed by atoms with van der Waals surface area (Å²) in [5.74, 6) is 0. The molecule has 0 unspecified atom stereocenters. The van der Waals surface area contributed by atoms with Crippen LogP contribution in [0.15, 0.2) is 0 Å². The molecule has 0 amide bonds. The van der Waals surface area contributed by atoms with Gasteiger partial charge in [-0.2, -0.15) is 0 Å². The fourth-order valence-electron chi connectivity index (χ4n) is 0.503. The average Bonchev–Trinajstić information content (AvgIpc) is 1.66. The maximum absolute atomic E-state index is 8.17. The van der Waals surface area contributed by atoms with Crippen LogP contribution < -0.4 is 5.23 Å². The summed E-state index contributed by atoms with van der Waals surface area (Å²) in [5.41, 5.74) is 0. The highest BCUT2D eigenvalue weighted by Gasteiger charge is 2.03. The molecule has 0 rings (SSSR count). The normalized spacial score (nSPS) is 10.5. The zero-order valence-electron chi connectivity index (χ0n) is 5.17. The molecular weight excluding hydrogens is 106 g/mol. The molecule has 0 fully saturated rings. The van der Waals surface area contributed by atoms with Gasteiger partial charge < -0.3 is 0 Å². The number of nitrogens with zero attached hydrogens (tertiary/aromatic N) is 1. The molecule has 0 saturated heterocycles. The van der Waals surface area contributed by atoms with Gasteiger partial charge in [0.2, 0.25) is 6.54 Å². The monoisotopic (exact) mass is 119 g/mol. The van der Waals surface area contributed by atoms with Crippen LogP contribution in [0.3, 0.4) is 0 Å². The molecule has 0 saturated carbocycles. The first-order chi connectivity index (χ1) is 3.77. The van der Waals surface area contributed by atoms with E-state index in [1.54, 1.807) is 0 Å². The van der Waals surface area contributed by atoms with E-state index < -0.39 is 0 Å². The highest BCUT2D eigenvalue weighted by atomic mass is 16.8. The molecule has 2 N–H and O–H groups in total. The largest absolute Gasteiger partial charge is 0.201 e. The Balaban J connectivity index is 2.72. The SMILES string of the molecule is CCCCC[N+](O)O. The Morgan fingerprint density at radius 2 is 1.88 bits per heavy atom. The number of rotatable bonds is 4. The van der Waals surface area contributed by atoms with E-state index in [1.807, 2.05) is 0 Å². The third-order valence-corrected chi connectivity index (χ3v) is 0.962. The van der Waals surface area contributed by atoms with Crippen molar-refractivity contribution in [3.05, 3.63) is 0 Å². The second-order valence-corrected chi connectivity index (χ2v) is 1.80. The van der Waals surface area contributed by atoms with Crippen molar-refractivity contribution in [2.75, 3.05) is 6.54 Å². The molecular formula is C5H13NO2+. The van der Waals surface area contributed by atoms with Gasteiger partial charge in [0.25, 0.3) is 0 Å². The van der Waals surface area contributed by atoms with Gasteiger partial charge in [0.15, 0.2) is 5.23 Å². The molecule has 0 spiro atoms. The highest BCUT2D eigenvalue weighted by molar-refractivity contribution is 4.38. The van der Waals surface area contributed by atoms with Gasteiger partial charge in [-0.05, 0) is 6.42 Å². The summed E-state index contributed by atoms with van der Waals surface area (Å²) in [6, 6.07) is 0. The predicted octanol–water partition coefficient (Wildman–Crippen LogP) is 1.10. The summed E-state index contributed by atoms with van der Waals surface area (Å²) in [7, 11) is 0.